The van der Waals surface area contributed by atoms with Crippen molar-refractivity contribution < 1.29 is 14.8 Å². The van der Waals surface area contributed by atoms with Crippen LogP contribution in [0.25, 0.3) is 0 Å². The third kappa shape index (κ3) is 3.34. The molecule has 0 amide bonds. The van der Waals surface area contributed by atoms with Crippen LogP contribution in [0.15, 0.2) is 17.0 Å². The maximum Gasteiger partial charge on any atom is 0.337 e. The first-order valence-electron chi connectivity index (χ1n) is 4.70. The Morgan fingerprint density at radius 3 is 2.53 bits per heavy atom. The van der Waals surface area contributed by atoms with Gasteiger partial charge in [0.25, 0.3) is 5.69 Å². The molecule has 0 fully saturated rings. The molecule has 1 N–H and O–H groups in total. The highest BCUT2D eigenvalue weighted by molar-refractivity contribution is 8.00. The monoisotopic (exact) mass is 275 g/mol. The van der Waals surface area contributed by atoms with Crippen LogP contribution in [0, 0.1) is 10.1 Å². The van der Waals surface area contributed by atoms with Gasteiger partial charge in [-0.05, 0) is 6.07 Å². The Balaban J connectivity index is 3.47. The fraction of sp³-hybridized carbons (Fsp3) is 0.300. The quantitative estimate of drug-likeness (QED) is 0.517. The third-order valence-corrected chi connectivity index (χ3v) is 3.17. The van der Waals surface area contributed by atoms with E-state index in [9.17, 15) is 14.9 Å². The van der Waals surface area contributed by atoms with Crippen LogP contribution >= 0.6 is 23.4 Å². The number of hydrogen-bond donors (Lipinski definition) is 1. The number of nitro benzene ring substituents is 1. The summed E-state index contributed by atoms with van der Waals surface area (Å²) in [6, 6.07) is 2.39. The standard InChI is InChI=1S/C10H10ClNO4S/c1-5(2)17-9-7(10(13)14)3-6(11)4-8(9)12(15)16/h3-5H,1-2H3,(H,13,14). The van der Waals surface area contributed by atoms with Crippen molar-refractivity contribution in [2.45, 2.75) is 24.0 Å². The zero-order valence-electron chi connectivity index (χ0n) is 9.14. The number of carboxylic acids is 1. The summed E-state index contributed by atoms with van der Waals surface area (Å²) in [6.07, 6.45) is 0. The van der Waals surface area contributed by atoms with E-state index in [1.165, 1.54) is 12.1 Å². The average molecular weight is 276 g/mol. The van der Waals surface area contributed by atoms with E-state index in [4.69, 9.17) is 16.7 Å². The predicted octanol–water partition coefficient (Wildman–Crippen LogP) is 3.45. The number of benzene rings is 1. The number of aromatic carboxylic acids is 1. The molecule has 0 aromatic heterocycles. The maximum absolute atomic E-state index is 11.0. The van der Waals surface area contributed by atoms with Crippen LogP contribution in [-0.2, 0) is 0 Å². The minimum atomic E-state index is -1.22. The van der Waals surface area contributed by atoms with Gasteiger partial charge in [0.1, 0.15) is 4.90 Å². The number of rotatable bonds is 4. The van der Waals surface area contributed by atoms with Gasteiger partial charge in [-0.1, -0.05) is 25.4 Å². The first kappa shape index (κ1) is 13.8. The van der Waals surface area contributed by atoms with Crippen molar-refractivity contribution in [2.24, 2.45) is 0 Å². The highest BCUT2D eigenvalue weighted by Gasteiger charge is 2.24. The van der Waals surface area contributed by atoms with Crippen LogP contribution in [0.4, 0.5) is 5.69 Å². The fourth-order valence-corrected chi connectivity index (χ4v) is 2.44. The van der Waals surface area contributed by atoms with Gasteiger partial charge in [0, 0.05) is 16.3 Å². The van der Waals surface area contributed by atoms with Crippen LogP contribution in [0.5, 0.6) is 0 Å². The summed E-state index contributed by atoms with van der Waals surface area (Å²) >= 11 is 6.81. The first-order chi connectivity index (χ1) is 7.82. The second-order valence-corrected chi connectivity index (χ2v) is 5.55. The largest absolute Gasteiger partial charge is 0.478 e. The molecule has 0 aliphatic rings. The summed E-state index contributed by atoms with van der Waals surface area (Å²) in [7, 11) is 0. The van der Waals surface area contributed by atoms with Crippen molar-refractivity contribution in [3.05, 3.63) is 32.8 Å². The molecular formula is C10H10ClNO4S. The number of halogens is 1. The van der Waals surface area contributed by atoms with Gasteiger partial charge in [0.05, 0.1) is 10.5 Å². The lowest BCUT2D eigenvalue weighted by atomic mass is 10.2. The number of nitro groups is 1. The van der Waals surface area contributed by atoms with Crippen LogP contribution in [0.1, 0.15) is 24.2 Å². The minimum absolute atomic E-state index is 0.0352. The van der Waals surface area contributed by atoms with Gasteiger partial charge in [-0.15, -0.1) is 11.8 Å². The summed E-state index contributed by atoms with van der Waals surface area (Å²) in [5, 5.41) is 20.0. The lowest BCUT2D eigenvalue weighted by Crippen LogP contribution is -2.04. The Kier molecular flexibility index (Phi) is 4.36. The van der Waals surface area contributed by atoms with E-state index in [-0.39, 0.29) is 26.4 Å². The summed E-state index contributed by atoms with van der Waals surface area (Å²) in [5.41, 5.74) is -0.406. The Labute approximate surface area is 107 Å². The summed E-state index contributed by atoms with van der Waals surface area (Å²) < 4.78 is 0. The van der Waals surface area contributed by atoms with Gasteiger partial charge in [-0.25, -0.2) is 4.79 Å². The fourth-order valence-electron chi connectivity index (χ4n) is 1.23. The molecule has 0 heterocycles. The summed E-state index contributed by atoms with van der Waals surface area (Å²) in [5.74, 6) is -1.22. The van der Waals surface area contributed by atoms with Crippen molar-refractivity contribution in [3.63, 3.8) is 0 Å². The molecule has 1 rings (SSSR count). The van der Waals surface area contributed by atoms with Crippen molar-refractivity contribution in [1.82, 2.24) is 0 Å². The molecule has 5 nitrogen and oxygen atoms in total. The Hall–Kier alpha value is -1.27. The number of thioether (sulfide) groups is 1. The Morgan fingerprint density at radius 2 is 2.12 bits per heavy atom. The average Bonchev–Trinajstić information content (AvgIpc) is 2.18. The molecule has 17 heavy (non-hydrogen) atoms. The highest BCUT2D eigenvalue weighted by atomic mass is 35.5. The SMILES string of the molecule is CC(C)Sc1c(C(=O)O)cc(Cl)cc1[N+](=O)[O-]. The highest BCUT2D eigenvalue weighted by Crippen LogP contribution is 2.37. The Morgan fingerprint density at radius 1 is 1.53 bits per heavy atom. The first-order valence-corrected chi connectivity index (χ1v) is 5.96. The van der Waals surface area contributed by atoms with Crippen molar-refractivity contribution >= 4 is 35.0 Å². The molecule has 7 heteroatoms. The second kappa shape index (κ2) is 5.37. The van der Waals surface area contributed by atoms with E-state index < -0.39 is 10.9 Å². The van der Waals surface area contributed by atoms with Gasteiger partial charge in [0.2, 0.25) is 0 Å². The summed E-state index contributed by atoms with van der Waals surface area (Å²) in [6.45, 7) is 3.66. The number of nitrogens with zero attached hydrogens (tertiary/aromatic N) is 1. The molecule has 1 aromatic carbocycles. The smallest absolute Gasteiger partial charge is 0.337 e. The zero-order chi connectivity index (χ0) is 13.2. The van der Waals surface area contributed by atoms with Gasteiger partial charge >= 0.3 is 5.97 Å². The minimum Gasteiger partial charge on any atom is -0.478 e. The molecule has 0 saturated heterocycles. The second-order valence-electron chi connectivity index (χ2n) is 3.53. The number of carboxylic acid groups (broad SMARTS) is 1. The molecule has 0 bridgehead atoms. The van der Waals surface area contributed by atoms with E-state index >= 15 is 0 Å². The van der Waals surface area contributed by atoms with E-state index in [0.717, 1.165) is 11.8 Å². The van der Waals surface area contributed by atoms with E-state index in [1.807, 2.05) is 13.8 Å². The van der Waals surface area contributed by atoms with E-state index in [0.29, 0.717) is 0 Å². The zero-order valence-corrected chi connectivity index (χ0v) is 10.7. The molecular weight excluding hydrogens is 266 g/mol. The molecule has 0 aliphatic heterocycles. The Bertz CT molecular complexity index is 440. The molecule has 0 radical (unpaired) electrons. The van der Waals surface area contributed by atoms with Gasteiger partial charge in [-0.3, -0.25) is 10.1 Å². The number of hydrogen-bond acceptors (Lipinski definition) is 4. The van der Waals surface area contributed by atoms with Crippen molar-refractivity contribution in [3.8, 4) is 0 Å². The molecule has 92 valence electrons. The van der Waals surface area contributed by atoms with E-state index in [2.05, 4.69) is 0 Å². The topological polar surface area (TPSA) is 80.4 Å². The molecule has 0 atom stereocenters. The van der Waals surface area contributed by atoms with Gasteiger partial charge in [-0.2, -0.15) is 0 Å². The normalized spacial score (nSPS) is 10.6. The predicted molar refractivity (Wildman–Crippen MR) is 66.1 cm³/mol. The van der Waals surface area contributed by atoms with Gasteiger partial charge in [0.15, 0.2) is 0 Å². The third-order valence-electron chi connectivity index (χ3n) is 1.81. The van der Waals surface area contributed by atoms with Crippen LogP contribution in [0.3, 0.4) is 0 Å². The van der Waals surface area contributed by atoms with Crippen LogP contribution in [-0.4, -0.2) is 21.2 Å². The lowest BCUT2D eigenvalue weighted by Gasteiger charge is -2.09. The number of carbonyl (C=O) groups is 1. The molecule has 0 saturated carbocycles. The van der Waals surface area contributed by atoms with Crippen molar-refractivity contribution in [2.75, 3.05) is 0 Å². The lowest BCUT2D eigenvalue weighted by molar-refractivity contribution is -0.387. The van der Waals surface area contributed by atoms with Crippen LogP contribution < -0.4 is 0 Å². The van der Waals surface area contributed by atoms with Crippen molar-refractivity contribution in [1.29, 1.82) is 0 Å². The summed E-state index contributed by atoms with van der Waals surface area (Å²) in [4.78, 5) is 21.4. The van der Waals surface area contributed by atoms with Gasteiger partial charge < -0.3 is 5.11 Å². The van der Waals surface area contributed by atoms with Crippen LogP contribution in [0.2, 0.25) is 5.02 Å². The molecule has 0 spiro atoms. The maximum atomic E-state index is 11.0. The molecule has 0 aliphatic carbocycles. The molecule has 0 unspecified atom stereocenters. The van der Waals surface area contributed by atoms with E-state index in [1.54, 1.807) is 0 Å². The molecule has 1 aromatic rings.